The lowest BCUT2D eigenvalue weighted by Gasteiger charge is -2.37. The molecule has 1 rings (SSSR count). The van der Waals surface area contributed by atoms with E-state index in [9.17, 15) is 0 Å². The van der Waals surface area contributed by atoms with Crippen LogP contribution in [0.1, 0.15) is 47.0 Å². The van der Waals surface area contributed by atoms with Gasteiger partial charge in [0.1, 0.15) is 0 Å². The SMILES string of the molecule is CN1CCCC(C)(C)CC1(C)C. The van der Waals surface area contributed by atoms with Crippen LogP contribution in [-0.4, -0.2) is 24.0 Å². The Balaban J connectivity index is 2.73. The van der Waals surface area contributed by atoms with Gasteiger partial charge in [-0.05, 0) is 52.1 Å². The summed E-state index contributed by atoms with van der Waals surface area (Å²) < 4.78 is 0. The molecule has 1 heteroatoms. The van der Waals surface area contributed by atoms with Gasteiger partial charge in [0.2, 0.25) is 0 Å². The zero-order chi connectivity index (χ0) is 9.41. The highest BCUT2D eigenvalue weighted by Gasteiger charge is 2.34. The largest absolute Gasteiger partial charge is 0.301 e. The molecule has 0 spiro atoms. The van der Waals surface area contributed by atoms with Crippen molar-refractivity contribution in [3.05, 3.63) is 0 Å². The number of likely N-dealkylation sites (tertiary alicyclic amines) is 1. The molecule has 1 nitrogen and oxygen atoms in total. The number of rotatable bonds is 0. The van der Waals surface area contributed by atoms with Gasteiger partial charge in [-0.15, -0.1) is 0 Å². The Morgan fingerprint density at radius 2 is 1.67 bits per heavy atom. The summed E-state index contributed by atoms with van der Waals surface area (Å²) in [6.45, 7) is 10.8. The molecule has 0 amide bonds. The minimum Gasteiger partial charge on any atom is -0.301 e. The van der Waals surface area contributed by atoms with Gasteiger partial charge in [0, 0.05) is 5.54 Å². The summed E-state index contributed by atoms with van der Waals surface area (Å²) >= 11 is 0. The molecule has 0 aromatic rings. The van der Waals surface area contributed by atoms with Gasteiger partial charge in [0.15, 0.2) is 0 Å². The third kappa shape index (κ3) is 2.22. The van der Waals surface area contributed by atoms with Gasteiger partial charge in [-0.3, -0.25) is 0 Å². The monoisotopic (exact) mass is 169 g/mol. The Morgan fingerprint density at radius 1 is 1.08 bits per heavy atom. The lowest BCUT2D eigenvalue weighted by Crippen LogP contribution is -2.42. The average Bonchev–Trinajstić information content (AvgIpc) is 1.90. The van der Waals surface area contributed by atoms with Crippen LogP contribution in [0.3, 0.4) is 0 Å². The predicted molar refractivity (Wildman–Crippen MR) is 54.3 cm³/mol. The third-order valence-electron chi connectivity index (χ3n) is 3.29. The molecule has 0 aliphatic carbocycles. The zero-order valence-corrected chi connectivity index (χ0v) is 9.28. The van der Waals surface area contributed by atoms with E-state index in [0.29, 0.717) is 11.0 Å². The van der Waals surface area contributed by atoms with Gasteiger partial charge < -0.3 is 4.90 Å². The van der Waals surface area contributed by atoms with Crippen LogP contribution in [0.25, 0.3) is 0 Å². The summed E-state index contributed by atoms with van der Waals surface area (Å²) in [7, 11) is 2.25. The van der Waals surface area contributed by atoms with Crippen molar-refractivity contribution >= 4 is 0 Å². The summed E-state index contributed by atoms with van der Waals surface area (Å²) in [5.41, 5.74) is 0.925. The fourth-order valence-electron chi connectivity index (χ4n) is 2.49. The van der Waals surface area contributed by atoms with Crippen molar-refractivity contribution in [2.24, 2.45) is 5.41 Å². The first-order valence-electron chi connectivity index (χ1n) is 5.05. The van der Waals surface area contributed by atoms with Crippen LogP contribution in [-0.2, 0) is 0 Å². The summed E-state index contributed by atoms with van der Waals surface area (Å²) in [4.78, 5) is 2.50. The van der Waals surface area contributed by atoms with E-state index in [4.69, 9.17) is 0 Å². The molecule has 12 heavy (non-hydrogen) atoms. The molecule has 1 aliphatic heterocycles. The second-order valence-corrected chi connectivity index (χ2v) is 5.68. The van der Waals surface area contributed by atoms with Crippen LogP contribution in [0.4, 0.5) is 0 Å². The highest BCUT2D eigenvalue weighted by Crippen LogP contribution is 2.37. The predicted octanol–water partition coefficient (Wildman–Crippen LogP) is 2.91. The average molecular weight is 169 g/mol. The van der Waals surface area contributed by atoms with Crippen LogP contribution < -0.4 is 0 Å². The Morgan fingerprint density at radius 3 is 2.25 bits per heavy atom. The minimum atomic E-state index is 0.389. The van der Waals surface area contributed by atoms with Gasteiger partial charge in [-0.1, -0.05) is 13.8 Å². The molecule has 0 saturated carbocycles. The highest BCUT2D eigenvalue weighted by atomic mass is 15.2. The van der Waals surface area contributed by atoms with Crippen LogP contribution in [0.2, 0.25) is 0 Å². The molecule has 1 saturated heterocycles. The maximum absolute atomic E-state index is 2.50. The second-order valence-electron chi connectivity index (χ2n) is 5.68. The van der Waals surface area contributed by atoms with E-state index in [0.717, 1.165) is 0 Å². The Hall–Kier alpha value is -0.0400. The molecule has 1 fully saturated rings. The van der Waals surface area contributed by atoms with Gasteiger partial charge in [0.05, 0.1) is 0 Å². The van der Waals surface area contributed by atoms with Gasteiger partial charge >= 0.3 is 0 Å². The molecule has 0 radical (unpaired) electrons. The number of hydrogen-bond acceptors (Lipinski definition) is 1. The van der Waals surface area contributed by atoms with E-state index in [1.807, 2.05) is 0 Å². The van der Waals surface area contributed by atoms with E-state index in [2.05, 4.69) is 39.6 Å². The van der Waals surface area contributed by atoms with E-state index in [1.165, 1.54) is 25.8 Å². The Kier molecular flexibility index (Phi) is 2.53. The first-order valence-corrected chi connectivity index (χ1v) is 5.05. The van der Waals surface area contributed by atoms with Gasteiger partial charge in [-0.2, -0.15) is 0 Å². The minimum absolute atomic E-state index is 0.389. The van der Waals surface area contributed by atoms with E-state index in [1.54, 1.807) is 0 Å². The fourth-order valence-corrected chi connectivity index (χ4v) is 2.49. The topological polar surface area (TPSA) is 3.24 Å². The third-order valence-corrected chi connectivity index (χ3v) is 3.29. The maximum atomic E-state index is 2.50. The van der Waals surface area contributed by atoms with E-state index in [-0.39, 0.29) is 0 Å². The Labute approximate surface area is 77.1 Å². The molecule has 0 bridgehead atoms. The standard InChI is InChI=1S/C11H23N/c1-10(2)7-6-8-12(5)11(3,4)9-10/h6-9H2,1-5H3. The molecule has 0 aromatic heterocycles. The van der Waals surface area contributed by atoms with Crippen LogP contribution in [0.5, 0.6) is 0 Å². The first-order chi connectivity index (χ1) is 5.33. The van der Waals surface area contributed by atoms with Crippen molar-refractivity contribution in [3.8, 4) is 0 Å². The number of hydrogen-bond donors (Lipinski definition) is 0. The van der Waals surface area contributed by atoms with Crippen molar-refractivity contribution < 1.29 is 0 Å². The van der Waals surface area contributed by atoms with E-state index >= 15 is 0 Å². The lowest BCUT2D eigenvalue weighted by atomic mass is 9.78. The molecule has 72 valence electrons. The molecular formula is C11H23N. The summed E-state index contributed by atoms with van der Waals surface area (Å²) in [5.74, 6) is 0. The van der Waals surface area contributed by atoms with Crippen molar-refractivity contribution in [1.29, 1.82) is 0 Å². The summed E-state index contributed by atoms with van der Waals surface area (Å²) in [5, 5.41) is 0. The first kappa shape index (κ1) is 10.0. The molecule has 1 heterocycles. The zero-order valence-electron chi connectivity index (χ0n) is 9.28. The number of nitrogens with zero attached hydrogens (tertiary/aromatic N) is 1. The van der Waals surface area contributed by atoms with Gasteiger partial charge in [0.25, 0.3) is 0 Å². The van der Waals surface area contributed by atoms with Crippen LogP contribution in [0.15, 0.2) is 0 Å². The van der Waals surface area contributed by atoms with E-state index < -0.39 is 0 Å². The molecule has 0 aromatic carbocycles. The van der Waals surface area contributed by atoms with Crippen LogP contribution >= 0.6 is 0 Å². The molecule has 1 aliphatic rings. The smallest absolute Gasteiger partial charge is 0.0155 e. The maximum Gasteiger partial charge on any atom is 0.0155 e. The molecule has 0 unspecified atom stereocenters. The lowest BCUT2D eigenvalue weighted by molar-refractivity contribution is 0.127. The van der Waals surface area contributed by atoms with Crippen molar-refractivity contribution in [2.75, 3.05) is 13.6 Å². The summed E-state index contributed by atoms with van der Waals surface area (Å²) in [6, 6.07) is 0. The van der Waals surface area contributed by atoms with Crippen LogP contribution in [0, 0.1) is 5.41 Å². The normalized spacial score (nSPS) is 29.8. The van der Waals surface area contributed by atoms with Crippen molar-refractivity contribution in [2.45, 2.75) is 52.5 Å². The molecule has 0 N–H and O–H groups in total. The quantitative estimate of drug-likeness (QED) is 0.539. The molecular weight excluding hydrogens is 146 g/mol. The highest BCUT2D eigenvalue weighted by molar-refractivity contribution is 4.89. The van der Waals surface area contributed by atoms with Crippen molar-refractivity contribution in [1.82, 2.24) is 4.90 Å². The summed E-state index contributed by atoms with van der Waals surface area (Å²) in [6.07, 6.45) is 4.05. The Bertz CT molecular complexity index is 158. The van der Waals surface area contributed by atoms with Crippen molar-refractivity contribution in [3.63, 3.8) is 0 Å². The second kappa shape index (κ2) is 3.02. The molecule has 0 atom stereocenters. The van der Waals surface area contributed by atoms with Gasteiger partial charge in [-0.25, -0.2) is 0 Å². The fraction of sp³-hybridized carbons (Fsp3) is 1.00.